The van der Waals surface area contributed by atoms with Gasteiger partial charge in [0, 0.05) is 25.7 Å². The third kappa shape index (κ3) is 4.53. The molecule has 1 aromatic rings. The Morgan fingerprint density at radius 2 is 2.18 bits per heavy atom. The van der Waals surface area contributed by atoms with E-state index in [0.717, 1.165) is 5.69 Å². The molecule has 0 aliphatic rings. The molecule has 0 spiro atoms. The number of amides is 1. The summed E-state index contributed by atoms with van der Waals surface area (Å²) < 4.78 is 0. The number of aromatic nitrogens is 1. The van der Waals surface area contributed by atoms with Crippen molar-refractivity contribution in [2.45, 2.75) is 32.9 Å². The zero-order chi connectivity index (χ0) is 12.8. The first-order valence-electron chi connectivity index (χ1n) is 5.90. The zero-order valence-corrected chi connectivity index (χ0v) is 10.8. The molecule has 1 aromatic heterocycles. The monoisotopic (exact) mass is 235 g/mol. The Kier molecular flexibility index (Phi) is 5.10. The van der Waals surface area contributed by atoms with E-state index in [4.69, 9.17) is 5.73 Å². The summed E-state index contributed by atoms with van der Waals surface area (Å²) in [7, 11) is 1.78. The molecule has 0 aliphatic carbocycles. The van der Waals surface area contributed by atoms with Gasteiger partial charge in [0.05, 0.1) is 12.2 Å². The van der Waals surface area contributed by atoms with Crippen LogP contribution in [0.15, 0.2) is 24.4 Å². The Bertz CT molecular complexity index is 351. The summed E-state index contributed by atoms with van der Waals surface area (Å²) in [5, 5.41) is 0. The molecular weight excluding hydrogens is 214 g/mol. The lowest BCUT2D eigenvalue weighted by atomic mass is 10.0. The average Bonchev–Trinajstić information content (AvgIpc) is 2.29. The van der Waals surface area contributed by atoms with Gasteiger partial charge in [-0.15, -0.1) is 0 Å². The topological polar surface area (TPSA) is 59.2 Å². The minimum absolute atomic E-state index is 0.0665. The minimum Gasteiger partial charge on any atom is -0.340 e. The number of rotatable bonds is 5. The Labute approximate surface area is 103 Å². The van der Waals surface area contributed by atoms with Gasteiger partial charge in [0.25, 0.3) is 0 Å². The fraction of sp³-hybridized carbons (Fsp3) is 0.538. The van der Waals surface area contributed by atoms with E-state index in [1.54, 1.807) is 18.1 Å². The average molecular weight is 235 g/mol. The quantitative estimate of drug-likeness (QED) is 0.839. The number of hydrogen-bond donors (Lipinski definition) is 1. The predicted octanol–water partition coefficient (Wildman–Crippen LogP) is 1.41. The van der Waals surface area contributed by atoms with Gasteiger partial charge < -0.3 is 10.6 Å². The van der Waals surface area contributed by atoms with Crippen LogP contribution in [-0.2, 0) is 11.3 Å². The van der Waals surface area contributed by atoms with Crippen molar-refractivity contribution in [2.24, 2.45) is 11.7 Å². The number of hydrogen-bond acceptors (Lipinski definition) is 3. The fourth-order valence-corrected chi connectivity index (χ4v) is 1.42. The third-order valence-corrected chi connectivity index (χ3v) is 2.82. The zero-order valence-electron chi connectivity index (χ0n) is 10.8. The van der Waals surface area contributed by atoms with Crippen LogP contribution in [0.1, 0.15) is 26.0 Å². The minimum atomic E-state index is -0.0753. The predicted molar refractivity (Wildman–Crippen MR) is 68.1 cm³/mol. The Balaban J connectivity index is 2.48. The van der Waals surface area contributed by atoms with E-state index in [2.05, 4.69) is 4.98 Å². The molecule has 0 saturated carbocycles. The Hall–Kier alpha value is -1.42. The lowest BCUT2D eigenvalue weighted by molar-refractivity contribution is -0.131. The van der Waals surface area contributed by atoms with Crippen molar-refractivity contribution in [2.75, 3.05) is 7.05 Å². The first-order chi connectivity index (χ1) is 8.00. The maximum Gasteiger partial charge on any atom is 0.224 e. The molecule has 4 nitrogen and oxygen atoms in total. The second kappa shape index (κ2) is 6.35. The number of nitrogens with two attached hydrogens (primary N) is 1. The summed E-state index contributed by atoms with van der Waals surface area (Å²) in [5.41, 5.74) is 6.78. The number of pyridine rings is 1. The summed E-state index contributed by atoms with van der Waals surface area (Å²) >= 11 is 0. The Morgan fingerprint density at radius 3 is 2.71 bits per heavy atom. The van der Waals surface area contributed by atoms with Crippen LogP contribution in [0.3, 0.4) is 0 Å². The highest BCUT2D eigenvalue weighted by Crippen LogP contribution is 2.07. The van der Waals surface area contributed by atoms with Gasteiger partial charge in [-0.2, -0.15) is 0 Å². The molecule has 2 N–H and O–H groups in total. The molecular formula is C13H21N3O. The summed E-state index contributed by atoms with van der Waals surface area (Å²) in [5.74, 6) is 0.388. The molecule has 1 amide bonds. The summed E-state index contributed by atoms with van der Waals surface area (Å²) in [6.45, 7) is 4.58. The van der Waals surface area contributed by atoms with Crippen LogP contribution in [0.25, 0.3) is 0 Å². The second-order valence-corrected chi connectivity index (χ2v) is 4.68. The molecule has 1 atom stereocenters. The lowest BCUT2D eigenvalue weighted by Gasteiger charge is -2.21. The highest BCUT2D eigenvalue weighted by molar-refractivity contribution is 5.76. The smallest absolute Gasteiger partial charge is 0.224 e. The standard InChI is InChI=1S/C13H21N3O/c1-10(2)12(14)8-13(17)16(3)9-11-6-4-5-7-15-11/h4-7,10,12H,8-9,14H2,1-3H3. The first-order valence-corrected chi connectivity index (χ1v) is 5.90. The van der Waals surface area contributed by atoms with Crippen LogP contribution in [-0.4, -0.2) is 28.9 Å². The maximum absolute atomic E-state index is 11.9. The first kappa shape index (κ1) is 13.6. The van der Waals surface area contributed by atoms with Gasteiger partial charge in [-0.3, -0.25) is 9.78 Å². The maximum atomic E-state index is 11.9. The number of carbonyl (C=O) groups excluding carboxylic acids is 1. The van der Waals surface area contributed by atoms with E-state index in [1.165, 1.54) is 0 Å². The molecule has 1 heterocycles. The van der Waals surface area contributed by atoms with Crippen molar-refractivity contribution < 1.29 is 4.79 Å². The van der Waals surface area contributed by atoms with Crippen LogP contribution in [0.2, 0.25) is 0 Å². The molecule has 0 saturated heterocycles. The van der Waals surface area contributed by atoms with E-state index >= 15 is 0 Å². The molecule has 0 bridgehead atoms. The van der Waals surface area contributed by atoms with Crippen LogP contribution < -0.4 is 5.73 Å². The highest BCUT2D eigenvalue weighted by atomic mass is 16.2. The van der Waals surface area contributed by atoms with Crippen molar-refractivity contribution in [3.8, 4) is 0 Å². The second-order valence-electron chi connectivity index (χ2n) is 4.68. The van der Waals surface area contributed by atoms with Gasteiger partial charge in [-0.05, 0) is 18.1 Å². The SMILES string of the molecule is CC(C)C(N)CC(=O)N(C)Cc1ccccn1. The molecule has 0 aromatic carbocycles. The molecule has 0 fully saturated rings. The van der Waals surface area contributed by atoms with Crippen LogP contribution in [0.5, 0.6) is 0 Å². The van der Waals surface area contributed by atoms with Gasteiger partial charge in [-0.1, -0.05) is 19.9 Å². The van der Waals surface area contributed by atoms with Crippen molar-refractivity contribution in [3.63, 3.8) is 0 Å². The summed E-state index contributed by atoms with van der Waals surface area (Å²) in [4.78, 5) is 17.7. The van der Waals surface area contributed by atoms with Gasteiger partial charge in [-0.25, -0.2) is 0 Å². The highest BCUT2D eigenvalue weighted by Gasteiger charge is 2.16. The van der Waals surface area contributed by atoms with Gasteiger partial charge in [0.1, 0.15) is 0 Å². The Morgan fingerprint density at radius 1 is 1.47 bits per heavy atom. The van der Waals surface area contributed by atoms with Crippen LogP contribution >= 0.6 is 0 Å². The van der Waals surface area contributed by atoms with Gasteiger partial charge in [0.15, 0.2) is 0 Å². The largest absolute Gasteiger partial charge is 0.340 e. The van der Waals surface area contributed by atoms with E-state index in [-0.39, 0.29) is 11.9 Å². The van der Waals surface area contributed by atoms with Crippen LogP contribution in [0, 0.1) is 5.92 Å². The van der Waals surface area contributed by atoms with Gasteiger partial charge in [0.2, 0.25) is 5.91 Å². The third-order valence-electron chi connectivity index (χ3n) is 2.82. The van der Waals surface area contributed by atoms with E-state index in [1.807, 2.05) is 32.0 Å². The van der Waals surface area contributed by atoms with Gasteiger partial charge >= 0.3 is 0 Å². The normalized spacial score (nSPS) is 12.5. The van der Waals surface area contributed by atoms with Crippen molar-refractivity contribution in [3.05, 3.63) is 30.1 Å². The molecule has 0 aliphatic heterocycles. The molecule has 94 valence electrons. The van der Waals surface area contributed by atoms with E-state index < -0.39 is 0 Å². The number of carbonyl (C=O) groups is 1. The van der Waals surface area contributed by atoms with Crippen LogP contribution in [0.4, 0.5) is 0 Å². The lowest BCUT2D eigenvalue weighted by Crippen LogP contribution is -2.35. The van der Waals surface area contributed by atoms with E-state index in [9.17, 15) is 4.79 Å². The van der Waals surface area contributed by atoms with Crippen molar-refractivity contribution in [1.29, 1.82) is 0 Å². The van der Waals surface area contributed by atoms with Crippen molar-refractivity contribution >= 4 is 5.91 Å². The van der Waals surface area contributed by atoms with Crippen molar-refractivity contribution in [1.82, 2.24) is 9.88 Å². The molecule has 1 unspecified atom stereocenters. The fourth-order valence-electron chi connectivity index (χ4n) is 1.42. The summed E-state index contributed by atoms with van der Waals surface area (Å²) in [6, 6.07) is 5.61. The molecule has 17 heavy (non-hydrogen) atoms. The molecule has 1 rings (SSSR count). The molecule has 4 heteroatoms. The van der Waals surface area contributed by atoms with E-state index in [0.29, 0.717) is 18.9 Å². The number of nitrogens with zero attached hydrogens (tertiary/aromatic N) is 2. The summed E-state index contributed by atoms with van der Waals surface area (Å²) in [6.07, 6.45) is 2.12. The molecule has 0 radical (unpaired) electrons.